The van der Waals surface area contributed by atoms with Crippen molar-refractivity contribution in [1.29, 1.82) is 0 Å². The van der Waals surface area contributed by atoms with E-state index in [2.05, 4.69) is 11.8 Å². The molecule has 0 N–H and O–H groups in total. The molecule has 0 bridgehead atoms. The van der Waals surface area contributed by atoms with Gasteiger partial charge in [-0.3, -0.25) is 4.79 Å². The van der Waals surface area contributed by atoms with Gasteiger partial charge in [-0.2, -0.15) is 0 Å². The minimum Gasteiger partial charge on any atom is -0.303 e. The van der Waals surface area contributed by atoms with Gasteiger partial charge in [-0.15, -0.1) is 0 Å². The molecule has 0 radical (unpaired) electrons. The number of unbranched alkanes of at least 4 members (excludes halogenated alkanes) is 1. The number of nitrogens with zero attached hydrogens (tertiary/aromatic N) is 1. The van der Waals surface area contributed by atoms with Gasteiger partial charge in [-0.25, -0.2) is 0 Å². The zero-order valence-corrected chi connectivity index (χ0v) is 9.93. The van der Waals surface area contributed by atoms with Crippen LogP contribution >= 0.6 is 0 Å². The lowest BCUT2D eigenvalue weighted by Crippen LogP contribution is -2.31. The molecule has 2 aliphatic rings. The molecular weight excluding hydrogens is 186 g/mol. The SMILES string of the molecule is CCCCN1CCC2(CCC(=O)CC2)C1. The number of hydrogen-bond donors (Lipinski definition) is 0. The number of carbonyl (C=O) groups excluding carboxylic acids is 1. The van der Waals surface area contributed by atoms with Crippen LogP contribution in [0.25, 0.3) is 0 Å². The van der Waals surface area contributed by atoms with Gasteiger partial charge in [-0.1, -0.05) is 13.3 Å². The van der Waals surface area contributed by atoms with Gasteiger partial charge in [0.2, 0.25) is 0 Å². The Morgan fingerprint density at radius 3 is 2.67 bits per heavy atom. The topological polar surface area (TPSA) is 20.3 Å². The number of ketones is 1. The minimum atomic E-state index is 0.493. The summed E-state index contributed by atoms with van der Waals surface area (Å²) in [6, 6.07) is 0. The normalized spacial score (nSPS) is 26.3. The van der Waals surface area contributed by atoms with Crippen molar-refractivity contribution in [2.45, 2.75) is 51.9 Å². The van der Waals surface area contributed by atoms with Crippen molar-refractivity contribution in [3.05, 3.63) is 0 Å². The van der Waals surface area contributed by atoms with E-state index in [0.29, 0.717) is 11.2 Å². The molecule has 2 nitrogen and oxygen atoms in total. The van der Waals surface area contributed by atoms with Gasteiger partial charge < -0.3 is 4.90 Å². The number of hydrogen-bond acceptors (Lipinski definition) is 2. The molecule has 0 aromatic heterocycles. The Morgan fingerprint density at radius 1 is 1.27 bits per heavy atom. The predicted octanol–water partition coefficient (Wildman–Crippen LogP) is 2.62. The summed E-state index contributed by atoms with van der Waals surface area (Å²) in [4.78, 5) is 13.9. The van der Waals surface area contributed by atoms with Gasteiger partial charge in [0.25, 0.3) is 0 Å². The first-order chi connectivity index (χ1) is 7.24. The highest BCUT2D eigenvalue weighted by Crippen LogP contribution is 2.42. The first-order valence-electron chi connectivity index (χ1n) is 6.48. The van der Waals surface area contributed by atoms with Crippen LogP contribution in [-0.4, -0.2) is 30.3 Å². The summed E-state index contributed by atoms with van der Waals surface area (Å²) in [5, 5.41) is 0. The molecule has 2 rings (SSSR count). The van der Waals surface area contributed by atoms with Gasteiger partial charge in [-0.05, 0) is 44.2 Å². The predicted molar refractivity (Wildman–Crippen MR) is 61.9 cm³/mol. The smallest absolute Gasteiger partial charge is 0.132 e. The Hall–Kier alpha value is -0.370. The molecule has 2 fully saturated rings. The van der Waals surface area contributed by atoms with Gasteiger partial charge in [0, 0.05) is 19.4 Å². The Bertz CT molecular complexity index is 227. The monoisotopic (exact) mass is 209 g/mol. The summed E-state index contributed by atoms with van der Waals surface area (Å²) >= 11 is 0. The van der Waals surface area contributed by atoms with E-state index in [9.17, 15) is 4.79 Å². The van der Waals surface area contributed by atoms with E-state index in [1.165, 1.54) is 38.9 Å². The Morgan fingerprint density at radius 2 is 2.00 bits per heavy atom. The molecule has 1 spiro atoms. The number of rotatable bonds is 3. The van der Waals surface area contributed by atoms with Crippen molar-refractivity contribution < 1.29 is 4.79 Å². The molecule has 1 aliphatic heterocycles. The Labute approximate surface area is 93.0 Å². The van der Waals surface area contributed by atoms with Crippen LogP contribution in [0.4, 0.5) is 0 Å². The fourth-order valence-corrected chi connectivity index (χ4v) is 3.07. The molecule has 0 aromatic rings. The second-order valence-corrected chi connectivity index (χ2v) is 5.42. The minimum absolute atomic E-state index is 0.493. The molecule has 1 aliphatic carbocycles. The van der Waals surface area contributed by atoms with Crippen LogP contribution in [0, 0.1) is 5.41 Å². The highest BCUT2D eigenvalue weighted by molar-refractivity contribution is 5.79. The van der Waals surface area contributed by atoms with Gasteiger partial charge in [0.15, 0.2) is 0 Å². The second-order valence-electron chi connectivity index (χ2n) is 5.42. The number of Topliss-reactive ketones (excluding diaryl/α,β-unsaturated/α-hetero) is 1. The molecule has 15 heavy (non-hydrogen) atoms. The molecular formula is C13H23NO. The molecule has 2 heteroatoms. The van der Waals surface area contributed by atoms with Crippen LogP contribution in [0.3, 0.4) is 0 Å². The largest absolute Gasteiger partial charge is 0.303 e. The fourth-order valence-electron chi connectivity index (χ4n) is 3.07. The molecule has 0 aromatic carbocycles. The standard InChI is InChI=1S/C13H23NO/c1-2-3-9-14-10-8-13(11-14)6-4-12(15)5-7-13/h2-11H2,1H3. The quantitative estimate of drug-likeness (QED) is 0.712. The molecule has 1 saturated heterocycles. The van der Waals surface area contributed by atoms with E-state index in [1.807, 2.05) is 0 Å². The molecule has 86 valence electrons. The molecule has 0 amide bonds. The molecule has 1 saturated carbocycles. The van der Waals surface area contributed by atoms with Crippen LogP contribution in [0.2, 0.25) is 0 Å². The van der Waals surface area contributed by atoms with Gasteiger partial charge >= 0.3 is 0 Å². The van der Waals surface area contributed by atoms with Crippen molar-refractivity contribution >= 4 is 5.78 Å². The lowest BCUT2D eigenvalue weighted by atomic mass is 9.73. The highest BCUT2D eigenvalue weighted by atomic mass is 16.1. The summed E-state index contributed by atoms with van der Waals surface area (Å²) in [6.45, 7) is 6.06. The van der Waals surface area contributed by atoms with E-state index in [-0.39, 0.29) is 0 Å². The summed E-state index contributed by atoms with van der Waals surface area (Å²) in [5.74, 6) is 0.493. The average Bonchev–Trinajstić information content (AvgIpc) is 2.64. The summed E-state index contributed by atoms with van der Waals surface area (Å²) in [7, 11) is 0. The molecule has 0 unspecified atom stereocenters. The lowest BCUT2D eigenvalue weighted by Gasteiger charge is -2.32. The summed E-state index contributed by atoms with van der Waals surface area (Å²) < 4.78 is 0. The maximum absolute atomic E-state index is 11.2. The number of likely N-dealkylation sites (tertiary alicyclic amines) is 1. The van der Waals surface area contributed by atoms with Crippen molar-refractivity contribution in [2.75, 3.05) is 19.6 Å². The Balaban J connectivity index is 1.83. The number of carbonyl (C=O) groups is 1. The van der Waals surface area contributed by atoms with E-state index >= 15 is 0 Å². The third kappa shape index (κ3) is 2.60. The third-order valence-corrected chi connectivity index (χ3v) is 4.21. The van der Waals surface area contributed by atoms with E-state index in [0.717, 1.165) is 25.7 Å². The maximum atomic E-state index is 11.2. The fraction of sp³-hybridized carbons (Fsp3) is 0.923. The van der Waals surface area contributed by atoms with Crippen molar-refractivity contribution in [1.82, 2.24) is 4.90 Å². The Kier molecular flexibility index (Phi) is 3.45. The van der Waals surface area contributed by atoms with Gasteiger partial charge in [0.1, 0.15) is 5.78 Å². The van der Waals surface area contributed by atoms with Crippen LogP contribution in [-0.2, 0) is 4.79 Å². The third-order valence-electron chi connectivity index (χ3n) is 4.21. The van der Waals surface area contributed by atoms with Gasteiger partial charge in [0.05, 0.1) is 0 Å². The highest BCUT2D eigenvalue weighted by Gasteiger charge is 2.40. The van der Waals surface area contributed by atoms with E-state index in [4.69, 9.17) is 0 Å². The van der Waals surface area contributed by atoms with Crippen molar-refractivity contribution in [3.8, 4) is 0 Å². The first kappa shape index (κ1) is 11.1. The first-order valence-corrected chi connectivity index (χ1v) is 6.48. The van der Waals surface area contributed by atoms with E-state index < -0.39 is 0 Å². The van der Waals surface area contributed by atoms with Crippen LogP contribution in [0.1, 0.15) is 51.9 Å². The zero-order chi connectivity index (χ0) is 10.7. The average molecular weight is 209 g/mol. The molecule has 0 atom stereocenters. The van der Waals surface area contributed by atoms with Crippen LogP contribution in [0.15, 0.2) is 0 Å². The van der Waals surface area contributed by atoms with Crippen LogP contribution in [0.5, 0.6) is 0 Å². The zero-order valence-electron chi connectivity index (χ0n) is 9.93. The van der Waals surface area contributed by atoms with Crippen LogP contribution < -0.4 is 0 Å². The summed E-state index contributed by atoms with van der Waals surface area (Å²) in [6.07, 6.45) is 7.98. The van der Waals surface area contributed by atoms with Crippen molar-refractivity contribution in [3.63, 3.8) is 0 Å². The van der Waals surface area contributed by atoms with E-state index in [1.54, 1.807) is 0 Å². The van der Waals surface area contributed by atoms with Crippen molar-refractivity contribution in [2.24, 2.45) is 5.41 Å². The molecule has 1 heterocycles. The maximum Gasteiger partial charge on any atom is 0.132 e. The summed E-state index contributed by atoms with van der Waals surface area (Å²) in [5.41, 5.74) is 0.529. The lowest BCUT2D eigenvalue weighted by molar-refractivity contribution is -0.122. The second kappa shape index (κ2) is 4.65.